The number of anilines is 1. The predicted molar refractivity (Wildman–Crippen MR) is 117 cm³/mol. The first-order chi connectivity index (χ1) is 14.5. The maximum absolute atomic E-state index is 12.2. The number of nitrogens with two attached hydrogens (primary N) is 1. The number of methoxy groups -OCH3 is 2. The number of nitrogen functional groups attached to an aromatic ring is 1. The Morgan fingerprint density at radius 3 is 2.53 bits per heavy atom. The zero-order valence-corrected chi connectivity index (χ0v) is 17.6. The van der Waals surface area contributed by atoms with Crippen LogP contribution in [0.4, 0.5) is 5.95 Å². The van der Waals surface area contributed by atoms with Crippen molar-refractivity contribution in [3.8, 4) is 11.5 Å². The maximum atomic E-state index is 12.2. The van der Waals surface area contributed by atoms with Gasteiger partial charge in [0.25, 0.3) is 5.95 Å². The van der Waals surface area contributed by atoms with Crippen molar-refractivity contribution in [2.24, 2.45) is 5.10 Å². The summed E-state index contributed by atoms with van der Waals surface area (Å²) in [6.45, 7) is 1.83. The van der Waals surface area contributed by atoms with E-state index < -0.39 is 0 Å². The van der Waals surface area contributed by atoms with Gasteiger partial charge in [0.05, 0.1) is 25.7 Å². The zero-order valence-electron chi connectivity index (χ0n) is 16.8. The van der Waals surface area contributed by atoms with Crippen molar-refractivity contribution in [3.05, 3.63) is 59.7 Å². The van der Waals surface area contributed by atoms with Crippen molar-refractivity contribution in [3.63, 3.8) is 0 Å². The van der Waals surface area contributed by atoms with Crippen molar-refractivity contribution in [1.82, 2.24) is 14.9 Å². The van der Waals surface area contributed by atoms with Crippen LogP contribution in [0.1, 0.15) is 22.8 Å². The third-order valence-electron chi connectivity index (χ3n) is 4.22. The molecule has 3 rings (SSSR count). The molecular formula is C20H22N6O3S. The van der Waals surface area contributed by atoms with E-state index >= 15 is 0 Å². The number of aromatic nitrogens is 3. The van der Waals surface area contributed by atoms with Gasteiger partial charge in [0.2, 0.25) is 5.16 Å². The number of ether oxygens (including phenoxy) is 2. The molecule has 0 spiro atoms. The lowest BCUT2D eigenvalue weighted by Crippen LogP contribution is -2.14. The number of carbonyl (C=O) groups excluding carboxylic acids is 1. The molecule has 3 aromatic rings. The van der Waals surface area contributed by atoms with Crippen molar-refractivity contribution in [1.29, 1.82) is 0 Å². The highest BCUT2D eigenvalue weighted by Gasteiger charge is 2.13. The van der Waals surface area contributed by atoms with Gasteiger partial charge >= 0.3 is 0 Å². The van der Waals surface area contributed by atoms with E-state index in [1.807, 2.05) is 37.3 Å². The summed E-state index contributed by atoms with van der Waals surface area (Å²) in [4.78, 5) is 12.2. The predicted octanol–water partition coefficient (Wildman–Crippen LogP) is 2.82. The van der Waals surface area contributed by atoms with Crippen LogP contribution in [-0.4, -0.2) is 46.3 Å². The average Bonchev–Trinajstić information content (AvgIpc) is 3.15. The minimum Gasteiger partial charge on any atom is -0.493 e. The van der Waals surface area contributed by atoms with Gasteiger partial charge in [-0.3, -0.25) is 4.79 Å². The van der Waals surface area contributed by atoms with Crippen LogP contribution in [0.15, 0.2) is 58.8 Å². The number of hydrogen-bond donors (Lipinski definition) is 2. The summed E-state index contributed by atoms with van der Waals surface area (Å²) in [5.41, 5.74) is 4.97. The molecule has 0 radical (unpaired) electrons. The van der Waals surface area contributed by atoms with Crippen LogP contribution in [0.25, 0.3) is 0 Å². The van der Waals surface area contributed by atoms with Gasteiger partial charge < -0.3 is 15.3 Å². The average molecular weight is 427 g/mol. The molecule has 156 valence electrons. The molecular weight excluding hydrogens is 404 g/mol. The van der Waals surface area contributed by atoms with E-state index in [2.05, 4.69) is 20.7 Å². The molecule has 0 aliphatic carbocycles. The fraction of sp³-hybridized carbons (Fsp3) is 0.200. The third-order valence-corrected chi connectivity index (χ3v) is 5.16. The number of nitrogens with one attached hydrogen (secondary N) is 1. The Bertz CT molecular complexity index is 1050. The Labute approximate surface area is 178 Å². The second-order valence-electron chi connectivity index (χ2n) is 6.13. The van der Waals surface area contributed by atoms with Gasteiger partial charge in [0, 0.05) is 11.1 Å². The number of hydrogen-bond acceptors (Lipinski definition) is 9. The molecule has 0 aliphatic rings. The highest BCUT2D eigenvalue weighted by molar-refractivity contribution is 7.99. The summed E-state index contributed by atoms with van der Waals surface area (Å²) in [5, 5.41) is 12.7. The number of rotatable bonds is 9. The number of benzene rings is 2. The molecule has 3 N–H and O–H groups in total. The monoisotopic (exact) mass is 426 g/mol. The maximum Gasteiger partial charge on any atom is 0.264 e. The molecule has 0 fully saturated rings. The Balaban J connectivity index is 1.65. The lowest BCUT2D eigenvalue weighted by Gasteiger charge is -2.09. The van der Waals surface area contributed by atoms with Crippen LogP contribution in [0, 0.1) is 0 Å². The van der Waals surface area contributed by atoms with Crippen molar-refractivity contribution in [2.45, 2.75) is 12.1 Å². The van der Waals surface area contributed by atoms with Crippen molar-refractivity contribution < 1.29 is 14.3 Å². The summed E-state index contributed by atoms with van der Waals surface area (Å²) < 4.78 is 11.8. The normalized spacial score (nSPS) is 11.2. The number of thioether (sulfide) groups is 1. The van der Waals surface area contributed by atoms with Gasteiger partial charge in [-0.25, -0.2) is 10.1 Å². The molecule has 1 heterocycles. The highest BCUT2D eigenvalue weighted by Crippen LogP contribution is 2.27. The van der Waals surface area contributed by atoms with Crippen LogP contribution >= 0.6 is 11.8 Å². The van der Waals surface area contributed by atoms with Crippen LogP contribution < -0.4 is 20.7 Å². The quantitative estimate of drug-likeness (QED) is 0.176. The molecule has 0 unspecified atom stereocenters. The van der Waals surface area contributed by atoms with E-state index in [-0.39, 0.29) is 17.5 Å². The number of carbonyl (C=O) groups is 1. The summed E-state index contributed by atoms with van der Waals surface area (Å²) in [7, 11) is 3.15. The first-order valence-electron chi connectivity index (χ1n) is 8.97. The lowest BCUT2D eigenvalue weighted by atomic mass is 10.1. The van der Waals surface area contributed by atoms with E-state index in [0.29, 0.717) is 27.9 Å². The second kappa shape index (κ2) is 9.79. The zero-order chi connectivity index (χ0) is 21.5. The molecule has 0 saturated heterocycles. The van der Waals surface area contributed by atoms with Gasteiger partial charge in [-0.1, -0.05) is 42.1 Å². The molecule has 0 saturated carbocycles. The van der Waals surface area contributed by atoms with Crippen molar-refractivity contribution >= 4 is 29.2 Å². The number of hydrazone groups is 1. The largest absolute Gasteiger partial charge is 0.493 e. The van der Waals surface area contributed by atoms with Crippen LogP contribution in [0.5, 0.6) is 11.5 Å². The molecule has 30 heavy (non-hydrogen) atoms. The molecule has 0 amide bonds. The minimum absolute atomic E-state index is 0.0135. The summed E-state index contributed by atoms with van der Waals surface area (Å²) in [5.74, 6) is 7.71. The summed E-state index contributed by atoms with van der Waals surface area (Å²) in [6.07, 6.45) is 0. The minimum atomic E-state index is -0.0135. The molecule has 0 aliphatic heterocycles. The standard InChI is InChI=1S/C20H22N6O3S/c1-13(15-9-10-17(28-2)18(11-15)29-3)22-23-19-24-25-20(26(19)21)30-12-16(27)14-7-5-4-6-8-14/h4-11H,12,21H2,1-3H3,(H,23,24)/b22-13+. The first kappa shape index (κ1) is 21.2. The molecule has 10 heteroatoms. The SMILES string of the molecule is COc1ccc(/C(C)=N/Nc2nnc(SCC(=O)c3ccccc3)n2N)cc1OC. The third kappa shape index (κ3) is 4.90. The van der Waals surface area contributed by atoms with E-state index in [4.69, 9.17) is 15.3 Å². The fourth-order valence-corrected chi connectivity index (χ4v) is 3.30. The fourth-order valence-electron chi connectivity index (χ4n) is 2.55. The number of ketones is 1. The van der Waals surface area contributed by atoms with Gasteiger partial charge in [0.1, 0.15) is 0 Å². The Hall–Kier alpha value is -3.53. The molecule has 0 atom stereocenters. The van der Waals surface area contributed by atoms with Crippen LogP contribution in [0.3, 0.4) is 0 Å². The number of nitrogens with zero attached hydrogens (tertiary/aromatic N) is 4. The van der Waals surface area contributed by atoms with Crippen LogP contribution in [-0.2, 0) is 0 Å². The van der Waals surface area contributed by atoms with Gasteiger partial charge in [-0.15, -0.1) is 10.2 Å². The first-order valence-corrected chi connectivity index (χ1v) is 9.96. The van der Waals surface area contributed by atoms with E-state index in [9.17, 15) is 4.79 Å². The van der Waals surface area contributed by atoms with E-state index in [1.54, 1.807) is 32.4 Å². The summed E-state index contributed by atoms with van der Waals surface area (Å²) >= 11 is 1.21. The highest BCUT2D eigenvalue weighted by atomic mass is 32.2. The molecule has 2 aromatic carbocycles. The molecule has 0 bridgehead atoms. The molecule has 1 aromatic heterocycles. The van der Waals surface area contributed by atoms with E-state index in [1.165, 1.54) is 16.4 Å². The van der Waals surface area contributed by atoms with Crippen LogP contribution in [0.2, 0.25) is 0 Å². The van der Waals surface area contributed by atoms with Gasteiger partial charge in [-0.05, 0) is 25.1 Å². The Morgan fingerprint density at radius 2 is 1.83 bits per heavy atom. The van der Waals surface area contributed by atoms with Gasteiger partial charge in [0.15, 0.2) is 17.3 Å². The number of Topliss-reactive ketones (excluding diaryl/α,β-unsaturated/α-hetero) is 1. The lowest BCUT2D eigenvalue weighted by molar-refractivity contribution is 0.102. The smallest absolute Gasteiger partial charge is 0.264 e. The molecule has 9 nitrogen and oxygen atoms in total. The Morgan fingerprint density at radius 1 is 1.10 bits per heavy atom. The van der Waals surface area contributed by atoms with Gasteiger partial charge in [-0.2, -0.15) is 5.10 Å². The summed E-state index contributed by atoms with van der Waals surface area (Å²) in [6, 6.07) is 14.5. The van der Waals surface area contributed by atoms with Crippen molar-refractivity contribution in [2.75, 3.05) is 31.2 Å². The second-order valence-corrected chi connectivity index (χ2v) is 7.08. The van der Waals surface area contributed by atoms with E-state index in [0.717, 1.165) is 5.56 Å². The Kier molecular flexibility index (Phi) is 6.91. The topological polar surface area (TPSA) is 117 Å².